The van der Waals surface area contributed by atoms with Gasteiger partial charge in [-0.25, -0.2) is 9.37 Å². The molecule has 7 nitrogen and oxygen atoms in total. The number of nitrogens with one attached hydrogen (secondary N) is 1. The van der Waals surface area contributed by atoms with Gasteiger partial charge in [-0.05, 0) is 43.0 Å². The zero-order valence-corrected chi connectivity index (χ0v) is 17.1. The topological polar surface area (TPSA) is 94.4 Å². The van der Waals surface area contributed by atoms with Crippen molar-refractivity contribution in [1.29, 1.82) is 0 Å². The van der Waals surface area contributed by atoms with E-state index in [-0.39, 0.29) is 30.6 Å². The van der Waals surface area contributed by atoms with Gasteiger partial charge < -0.3 is 10.1 Å². The van der Waals surface area contributed by atoms with Crippen LogP contribution in [0.25, 0.3) is 10.2 Å². The molecule has 3 aromatic rings. The molecule has 0 saturated carbocycles. The number of hydrogen-bond acceptors (Lipinski definition) is 6. The molecule has 0 atom stereocenters. The molecule has 1 amide bonds. The van der Waals surface area contributed by atoms with Gasteiger partial charge >= 0.3 is 0 Å². The van der Waals surface area contributed by atoms with Crippen LogP contribution in [0.15, 0.2) is 42.5 Å². The van der Waals surface area contributed by atoms with Gasteiger partial charge in [0.05, 0.1) is 26.8 Å². The van der Waals surface area contributed by atoms with Gasteiger partial charge in [0.25, 0.3) is 5.69 Å². The van der Waals surface area contributed by atoms with Crippen LogP contribution in [0, 0.1) is 15.9 Å². The van der Waals surface area contributed by atoms with Crippen molar-refractivity contribution >= 4 is 33.1 Å². The monoisotopic (exact) mass is 431 g/mol. The Morgan fingerprint density at radius 1 is 1.17 bits per heavy atom. The van der Waals surface area contributed by atoms with Gasteiger partial charge in [-0.3, -0.25) is 14.9 Å². The van der Waals surface area contributed by atoms with E-state index < -0.39 is 4.92 Å². The van der Waals surface area contributed by atoms with E-state index in [0.717, 1.165) is 46.5 Å². The number of fused-ring (bicyclic) bond motifs is 1. The van der Waals surface area contributed by atoms with Crippen LogP contribution in [0.5, 0.6) is 0 Å². The summed E-state index contributed by atoms with van der Waals surface area (Å²) >= 11 is 1.48. The molecule has 0 aliphatic heterocycles. The summed E-state index contributed by atoms with van der Waals surface area (Å²) in [6, 6.07) is 10.7. The Balaban J connectivity index is 1.28. The second-order valence-corrected chi connectivity index (χ2v) is 7.91. The molecule has 3 rings (SSSR count). The summed E-state index contributed by atoms with van der Waals surface area (Å²) in [6.07, 6.45) is 3.52. The highest BCUT2D eigenvalue weighted by atomic mass is 32.1. The van der Waals surface area contributed by atoms with Gasteiger partial charge in [0, 0.05) is 18.7 Å². The average molecular weight is 431 g/mol. The van der Waals surface area contributed by atoms with Crippen molar-refractivity contribution in [3.63, 3.8) is 0 Å². The predicted molar refractivity (Wildman–Crippen MR) is 113 cm³/mol. The van der Waals surface area contributed by atoms with Crippen molar-refractivity contribution < 1.29 is 18.8 Å². The largest absolute Gasteiger partial charge is 0.367 e. The lowest BCUT2D eigenvalue weighted by atomic mass is 10.2. The van der Waals surface area contributed by atoms with Gasteiger partial charge in [-0.2, -0.15) is 0 Å². The second kappa shape index (κ2) is 10.7. The minimum Gasteiger partial charge on any atom is -0.367 e. The number of aromatic nitrogens is 1. The van der Waals surface area contributed by atoms with Crippen molar-refractivity contribution in [2.45, 2.75) is 32.3 Å². The summed E-state index contributed by atoms with van der Waals surface area (Å²) in [5.74, 6) is -0.478. The first-order chi connectivity index (χ1) is 14.5. The molecule has 1 heterocycles. The van der Waals surface area contributed by atoms with E-state index in [1.54, 1.807) is 24.3 Å². The first-order valence-corrected chi connectivity index (χ1v) is 10.5. The van der Waals surface area contributed by atoms with Crippen LogP contribution in [0.1, 0.15) is 29.8 Å². The van der Waals surface area contributed by atoms with Crippen LogP contribution in [0.3, 0.4) is 0 Å². The molecule has 30 heavy (non-hydrogen) atoms. The number of non-ortho nitro benzene ring substituents is 1. The number of ether oxygens (including phenoxy) is 1. The van der Waals surface area contributed by atoms with E-state index >= 15 is 0 Å². The van der Waals surface area contributed by atoms with Crippen molar-refractivity contribution in [2.75, 3.05) is 13.2 Å². The Labute approximate surface area is 177 Å². The highest BCUT2D eigenvalue weighted by Gasteiger charge is 2.10. The van der Waals surface area contributed by atoms with E-state index in [1.165, 1.54) is 29.5 Å². The van der Waals surface area contributed by atoms with Crippen molar-refractivity contribution in [3.8, 4) is 0 Å². The van der Waals surface area contributed by atoms with Crippen LogP contribution < -0.4 is 5.32 Å². The Morgan fingerprint density at radius 2 is 1.97 bits per heavy atom. The third kappa shape index (κ3) is 6.57. The number of rotatable bonds is 11. The van der Waals surface area contributed by atoms with Crippen LogP contribution in [0.2, 0.25) is 0 Å². The third-order valence-corrected chi connectivity index (χ3v) is 5.51. The Morgan fingerprint density at radius 3 is 2.73 bits per heavy atom. The fourth-order valence-electron chi connectivity index (χ4n) is 2.88. The first-order valence-electron chi connectivity index (χ1n) is 9.64. The highest BCUT2D eigenvalue weighted by Crippen LogP contribution is 2.27. The zero-order chi connectivity index (χ0) is 21.3. The number of nitro groups is 1. The van der Waals surface area contributed by atoms with E-state index in [1.807, 2.05) is 0 Å². The number of halogens is 1. The zero-order valence-electron chi connectivity index (χ0n) is 16.3. The molecule has 0 bridgehead atoms. The summed E-state index contributed by atoms with van der Waals surface area (Å²) in [5.41, 5.74) is 1.68. The lowest BCUT2D eigenvalue weighted by Gasteiger charge is -2.06. The molecule has 0 saturated heterocycles. The summed E-state index contributed by atoms with van der Waals surface area (Å²) in [5, 5.41) is 14.6. The molecule has 0 radical (unpaired) electrons. The molecule has 0 aliphatic carbocycles. The summed E-state index contributed by atoms with van der Waals surface area (Å²) in [7, 11) is 0. The van der Waals surface area contributed by atoms with Gasteiger partial charge in [0.15, 0.2) is 0 Å². The quantitative estimate of drug-likeness (QED) is 0.276. The molecule has 158 valence electrons. The Kier molecular flexibility index (Phi) is 7.81. The summed E-state index contributed by atoms with van der Waals surface area (Å²) in [4.78, 5) is 26.7. The third-order valence-electron chi connectivity index (χ3n) is 4.43. The SMILES string of the molecule is O=C(COCc1ccc(F)cc1)NCCCCCc1nc2ccc([N+](=O)[O-])cc2s1. The number of carbonyl (C=O) groups excluding carboxylic acids is 1. The lowest BCUT2D eigenvalue weighted by molar-refractivity contribution is -0.384. The average Bonchev–Trinajstić information content (AvgIpc) is 3.14. The molecule has 0 fully saturated rings. The summed E-state index contributed by atoms with van der Waals surface area (Å²) < 4.78 is 19.0. The predicted octanol–water partition coefficient (Wildman–Crippen LogP) is 4.39. The molecule has 1 aromatic heterocycles. The van der Waals surface area contributed by atoms with E-state index in [0.29, 0.717) is 6.54 Å². The number of carbonyl (C=O) groups is 1. The first kappa shape index (κ1) is 21.8. The van der Waals surface area contributed by atoms with Crippen LogP contribution in [-0.2, 0) is 22.6 Å². The van der Waals surface area contributed by atoms with Crippen LogP contribution in [0.4, 0.5) is 10.1 Å². The van der Waals surface area contributed by atoms with Gasteiger partial charge in [0.1, 0.15) is 12.4 Å². The number of amides is 1. The Bertz CT molecular complexity index is 1010. The number of unbranched alkanes of at least 4 members (excludes halogenated alkanes) is 2. The minimum absolute atomic E-state index is 0.0325. The van der Waals surface area contributed by atoms with Gasteiger partial charge in [-0.15, -0.1) is 11.3 Å². The van der Waals surface area contributed by atoms with Crippen LogP contribution >= 0.6 is 11.3 Å². The molecular weight excluding hydrogens is 409 g/mol. The molecule has 2 aromatic carbocycles. The maximum Gasteiger partial charge on any atom is 0.270 e. The van der Waals surface area contributed by atoms with Crippen LogP contribution in [-0.4, -0.2) is 29.0 Å². The van der Waals surface area contributed by atoms with E-state index in [2.05, 4.69) is 10.3 Å². The number of nitro benzene ring substituents is 1. The van der Waals surface area contributed by atoms with E-state index in [4.69, 9.17) is 4.74 Å². The molecule has 1 N–H and O–H groups in total. The number of benzene rings is 2. The molecule has 0 unspecified atom stereocenters. The van der Waals surface area contributed by atoms with Crippen molar-refractivity contribution in [3.05, 3.63) is 69.0 Å². The van der Waals surface area contributed by atoms with E-state index in [9.17, 15) is 19.3 Å². The number of hydrogen-bond donors (Lipinski definition) is 1. The molecule has 9 heteroatoms. The van der Waals surface area contributed by atoms with Gasteiger partial charge in [-0.1, -0.05) is 18.6 Å². The maximum absolute atomic E-state index is 12.8. The fourth-order valence-corrected chi connectivity index (χ4v) is 3.92. The lowest BCUT2D eigenvalue weighted by Crippen LogP contribution is -2.28. The second-order valence-electron chi connectivity index (χ2n) is 6.80. The number of aryl methyl sites for hydroxylation is 1. The highest BCUT2D eigenvalue weighted by molar-refractivity contribution is 7.18. The Hall–Kier alpha value is -2.91. The van der Waals surface area contributed by atoms with Gasteiger partial charge in [0.2, 0.25) is 5.91 Å². The normalized spacial score (nSPS) is 11.0. The molecule has 0 aliphatic rings. The number of nitrogens with zero attached hydrogens (tertiary/aromatic N) is 2. The molecule has 0 spiro atoms. The molecular formula is C21H22FN3O4S. The number of thiazole rings is 1. The fraction of sp³-hybridized carbons (Fsp3) is 0.333. The van der Waals surface area contributed by atoms with Crippen molar-refractivity contribution in [2.24, 2.45) is 0 Å². The van der Waals surface area contributed by atoms with Crippen molar-refractivity contribution in [1.82, 2.24) is 10.3 Å². The smallest absolute Gasteiger partial charge is 0.270 e. The summed E-state index contributed by atoms with van der Waals surface area (Å²) in [6.45, 7) is 0.805. The maximum atomic E-state index is 12.8. The standard InChI is InChI=1S/C21H22FN3O4S/c22-16-7-5-15(6-8-16)13-29-14-20(26)23-11-3-1-2-4-21-24-18-10-9-17(25(27)28)12-19(18)30-21/h5-10,12H,1-4,11,13-14H2,(H,23,26). The minimum atomic E-state index is -0.402.